The average Bonchev–Trinajstić information content (AvgIpc) is 3.19. The molecular formula is C26H24FN3O5. The summed E-state index contributed by atoms with van der Waals surface area (Å²) >= 11 is 0. The molecule has 2 aromatic heterocycles. The van der Waals surface area contributed by atoms with Gasteiger partial charge in [0.15, 0.2) is 5.60 Å². The van der Waals surface area contributed by atoms with Gasteiger partial charge in [-0.3, -0.25) is 9.59 Å². The standard InChI is InChI=1S/C26H24FN3O5/c1-4-26(34)16-7-20-23-14(9-30(20)24(32)15(16)10-35-25(26)33)22-18(28-12(3)31)6-5-13-11(2)17(27)8-19(29-23)21(13)22/h7-8,18,34H,4-6,9-10H2,1-3H3,(H,28,31)/t18?,26-/m0/s1. The summed E-state index contributed by atoms with van der Waals surface area (Å²) in [6.07, 6.45) is 1.24. The molecule has 0 bridgehead atoms. The van der Waals surface area contributed by atoms with Crippen LogP contribution in [0.3, 0.4) is 0 Å². The number of esters is 1. The minimum atomic E-state index is -1.93. The average molecular weight is 477 g/mol. The summed E-state index contributed by atoms with van der Waals surface area (Å²) in [6, 6.07) is 2.73. The summed E-state index contributed by atoms with van der Waals surface area (Å²) in [5.41, 5.74) is 2.66. The number of carbonyl (C=O) groups excluding carboxylic acids is 2. The van der Waals surface area contributed by atoms with Gasteiger partial charge in [-0.25, -0.2) is 14.2 Å². The van der Waals surface area contributed by atoms with Gasteiger partial charge in [-0.2, -0.15) is 0 Å². The van der Waals surface area contributed by atoms with Crippen molar-refractivity contribution in [2.24, 2.45) is 0 Å². The highest BCUT2D eigenvalue weighted by Crippen LogP contribution is 2.45. The molecule has 1 aliphatic carbocycles. The molecule has 2 atom stereocenters. The Balaban J connectivity index is 1.68. The number of hydrogen-bond acceptors (Lipinski definition) is 6. The number of rotatable bonds is 2. The number of nitrogens with zero attached hydrogens (tertiary/aromatic N) is 2. The van der Waals surface area contributed by atoms with E-state index in [0.29, 0.717) is 35.3 Å². The molecule has 0 radical (unpaired) electrons. The summed E-state index contributed by atoms with van der Waals surface area (Å²) in [7, 11) is 0. The Bertz CT molecular complexity index is 1560. The Morgan fingerprint density at radius 2 is 2.09 bits per heavy atom. The lowest BCUT2D eigenvalue weighted by molar-refractivity contribution is -0.172. The van der Waals surface area contributed by atoms with Crippen LogP contribution in [0, 0.1) is 12.7 Å². The summed E-state index contributed by atoms with van der Waals surface area (Å²) < 4.78 is 21.5. The van der Waals surface area contributed by atoms with E-state index in [1.54, 1.807) is 24.5 Å². The van der Waals surface area contributed by atoms with Crippen LogP contribution in [0.2, 0.25) is 0 Å². The van der Waals surface area contributed by atoms with Crippen LogP contribution in [0.4, 0.5) is 4.39 Å². The van der Waals surface area contributed by atoms with Crippen LogP contribution in [0.25, 0.3) is 22.3 Å². The van der Waals surface area contributed by atoms with Gasteiger partial charge in [-0.1, -0.05) is 6.92 Å². The highest BCUT2D eigenvalue weighted by atomic mass is 19.1. The second kappa shape index (κ2) is 7.21. The second-order valence-electron chi connectivity index (χ2n) is 9.60. The first kappa shape index (κ1) is 21.9. The number of hydrogen-bond donors (Lipinski definition) is 2. The maximum atomic E-state index is 14.8. The molecule has 1 aromatic carbocycles. The van der Waals surface area contributed by atoms with Gasteiger partial charge >= 0.3 is 5.97 Å². The summed E-state index contributed by atoms with van der Waals surface area (Å²) in [4.78, 5) is 42.8. The van der Waals surface area contributed by atoms with Crippen molar-refractivity contribution in [1.82, 2.24) is 14.9 Å². The minimum Gasteiger partial charge on any atom is -0.458 e. The molecule has 1 amide bonds. The van der Waals surface area contributed by atoms with E-state index in [1.165, 1.54) is 13.0 Å². The van der Waals surface area contributed by atoms with Gasteiger partial charge in [-0.05, 0) is 48.9 Å². The van der Waals surface area contributed by atoms with Crippen molar-refractivity contribution in [3.05, 3.63) is 61.7 Å². The first-order chi connectivity index (χ1) is 16.7. The number of carbonyl (C=O) groups is 2. The third-order valence-corrected chi connectivity index (χ3v) is 7.76. The molecule has 2 N–H and O–H groups in total. The van der Waals surface area contributed by atoms with Gasteiger partial charge in [-0.15, -0.1) is 0 Å². The number of halogens is 1. The molecule has 3 aromatic rings. The van der Waals surface area contributed by atoms with Crippen LogP contribution in [-0.4, -0.2) is 26.5 Å². The van der Waals surface area contributed by atoms with Crippen molar-refractivity contribution in [1.29, 1.82) is 0 Å². The molecule has 8 nitrogen and oxygen atoms in total. The van der Waals surface area contributed by atoms with E-state index < -0.39 is 11.6 Å². The molecule has 9 heteroatoms. The van der Waals surface area contributed by atoms with Crippen LogP contribution in [0.15, 0.2) is 16.9 Å². The fraction of sp³-hybridized carbons (Fsp3) is 0.385. The molecule has 35 heavy (non-hydrogen) atoms. The molecule has 1 unspecified atom stereocenters. The number of pyridine rings is 2. The molecule has 0 saturated carbocycles. The zero-order chi connectivity index (χ0) is 24.8. The number of aromatic nitrogens is 2. The van der Waals surface area contributed by atoms with Gasteiger partial charge < -0.3 is 19.7 Å². The van der Waals surface area contributed by atoms with E-state index in [2.05, 4.69) is 5.32 Å². The maximum absolute atomic E-state index is 14.8. The van der Waals surface area contributed by atoms with Crippen LogP contribution in [0.5, 0.6) is 0 Å². The predicted octanol–water partition coefficient (Wildman–Crippen LogP) is 2.65. The smallest absolute Gasteiger partial charge is 0.343 e. The van der Waals surface area contributed by atoms with Crippen molar-refractivity contribution < 1.29 is 23.8 Å². The number of fused-ring (bicyclic) bond motifs is 5. The third kappa shape index (κ3) is 2.81. The van der Waals surface area contributed by atoms with Crippen molar-refractivity contribution in [3.63, 3.8) is 0 Å². The fourth-order valence-corrected chi connectivity index (χ4v) is 5.94. The Hall–Kier alpha value is -3.59. The molecular weight excluding hydrogens is 453 g/mol. The van der Waals surface area contributed by atoms with Crippen molar-refractivity contribution in [2.75, 3.05) is 0 Å². The minimum absolute atomic E-state index is 0.0451. The topological polar surface area (TPSA) is 111 Å². The molecule has 6 rings (SSSR count). The maximum Gasteiger partial charge on any atom is 0.343 e. The van der Waals surface area contributed by atoms with E-state index in [4.69, 9.17) is 9.72 Å². The highest BCUT2D eigenvalue weighted by molar-refractivity contribution is 5.93. The zero-order valence-electron chi connectivity index (χ0n) is 19.6. The number of aliphatic hydroxyl groups is 1. The number of amides is 1. The monoisotopic (exact) mass is 477 g/mol. The van der Waals surface area contributed by atoms with E-state index in [-0.39, 0.29) is 54.0 Å². The SMILES string of the molecule is CC[C@@]1(O)C(=O)OCc2c1cc1n(c2=O)Cc2c-1nc1cc(F)c(C)c3c1c2C(NC(C)=O)CC3. The van der Waals surface area contributed by atoms with Crippen LogP contribution in [0.1, 0.15) is 66.1 Å². The number of aryl methyl sites for hydroxylation is 1. The summed E-state index contributed by atoms with van der Waals surface area (Å²) in [5.74, 6) is -1.32. The lowest BCUT2D eigenvalue weighted by Crippen LogP contribution is -2.44. The van der Waals surface area contributed by atoms with Gasteiger partial charge in [0.2, 0.25) is 5.91 Å². The van der Waals surface area contributed by atoms with Crippen LogP contribution >= 0.6 is 0 Å². The first-order valence-electron chi connectivity index (χ1n) is 11.7. The Morgan fingerprint density at radius 3 is 2.80 bits per heavy atom. The third-order valence-electron chi connectivity index (χ3n) is 7.76. The number of nitrogens with one attached hydrogen (secondary N) is 1. The van der Waals surface area contributed by atoms with Gasteiger partial charge in [0.05, 0.1) is 35.1 Å². The Kier molecular flexibility index (Phi) is 4.51. The van der Waals surface area contributed by atoms with Gasteiger partial charge in [0.1, 0.15) is 12.4 Å². The van der Waals surface area contributed by atoms with Crippen molar-refractivity contribution in [3.8, 4) is 11.4 Å². The molecule has 2 aliphatic heterocycles. The summed E-state index contributed by atoms with van der Waals surface area (Å²) in [5, 5.41) is 14.9. The predicted molar refractivity (Wildman–Crippen MR) is 124 cm³/mol. The zero-order valence-corrected chi connectivity index (χ0v) is 19.6. The van der Waals surface area contributed by atoms with E-state index in [9.17, 15) is 23.9 Å². The van der Waals surface area contributed by atoms with E-state index >= 15 is 0 Å². The van der Waals surface area contributed by atoms with Crippen LogP contribution < -0.4 is 10.9 Å². The van der Waals surface area contributed by atoms with Crippen molar-refractivity contribution >= 4 is 22.8 Å². The molecule has 3 aliphatic rings. The summed E-state index contributed by atoms with van der Waals surface area (Å²) in [6.45, 7) is 4.86. The lowest BCUT2D eigenvalue weighted by atomic mass is 9.81. The largest absolute Gasteiger partial charge is 0.458 e. The van der Waals surface area contributed by atoms with Gasteiger partial charge in [0.25, 0.3) is 5.56 Å². The molecule has 4 heterocycles. The number of benzene rings is 1. The Labute approximate surface area is 199 Å². The van der Waals surface area contributed by atoms with Gasteiger partial charge in [0, 0.05) is 29.5 Å². The van der Waals surface area contributed by atoms with Crippen LogP contribution in [-0.2, 0) is 39.5 Å². The van der Waals surface area contributed by atoms with E-state index in [1.807, 2.05) is 0 Å². The number of ether oxygens (including phenoxy) is 1. The molecule has 180 valence electrons. The quantitative estimate of drug-likeness (QED) is 0.430. The molecule has 0 fully saturated rings. The normalized spacial score (nSPS) is 21.9. The highest BCUT2D eigenvalue weighted by Gasteiger charge is 2.46. The second-order valence-corrected chi connectivity index (χ2v) is 9.60. The van der Waals surface area contributed by atoms with Crippen molar-refractivity contribution in [2.45, 2.75) is 64.8 Å². The first-order valence-corrected chi connectivity index (χ1v) is 11.7. The lowest BCUT2D eigenvalue weighted by Gasteiger charge is -2.31. The molecule has 0 saturated heterocycles. The molecule has 0 spiro atoms. The Morgan fingerprint density at radius 1 is 1.31 bits per heavy atom. The van der Waals surface area contributed by atoms with E-state index in [0.717, 1.165) is 22.1 Å². The fourth-order valence-electron chi connectivity index (χ4n) is 5.94. The number of cyclic esters (lactones) is 1.